The number of hydrogen-bond donors (Lipinski definition) is 2. The van der Waals surface area contributed by atoms with Crippen LogP contribution in [0, 0.1) is 0 Å². The number of hydrogen-bond acceptors (Lipinski definition) is 4. The maximum Gasteiger partial charge on any atom is 0.241 e. The fourth-order valence-electron chi connectivity index (χ4n) is 1.08. The van der Waals surface area contributed by atoms with Gasteiger partial charge in [0.1, 0.15) is 5.82 Å². The van der Waals surface area contributed by atoms with Crippen molar-refractivity contribution in [3.63, 3.8) is 0 Å². The summed E-state index contributed by atoms with van der Waals surface area (Å²) in [4.78, 5) is 3.91. The predicted octanol–water partition coefficient (Wildman–Crippen LogP) is 0.104. The predicted molar refractivity (Wildman–Crippen MR) is 52.0 cm³/mol. The maximum atomic E-state index is 11.6. The van der Waals surface area contributed by atoms with Crippen molar-refractivity contribution in [2.45, 2.75) is 23.8 Å². The Morgan fingerprint density at radius 2 is 2.21 bits per heavy atom. The van der Waals surface area contributed by atoms with Gasteiger partial charge in [-0.2, -0.15) is 0 Å². The summed E-state index contributed by atoms with van der Waals surface area (Å²) in [5.74, 6) is 0.212. The standard InChI is InChI=1S/C8H11N3O2S/c9-8-5-7(3-4-10-8)14(12,13)11-6-1-2-6/h3-6,11H,1-2H2,(H2,9,10). The lowest BCUT2D eigenvalue weighted by molar-refractivity contribution is 0.581. The lowest BCUT2D eigenvalue weighted by Gasteiger charge is -2.04. The van der Waals surface area contributed by atoms with E-state index in [0.29, 0.717) is 0 Å². The molecule has 0 amide bonds. The van der Waals surface area contributed by atoms with E-state index >= 15 is 0 Å². The quantitative estimate of drug-likeness (QED) is 0.746. The smallest absolute Gasteiger partial charge is 0.241 e. The largest absolute Gasteiger partial charge is 0.384 e. The van der Waals surface area contributed by atoms with Crippen LogP contribution in [0.3, 0.4) is 0 Å². The molecule has 1 aliphatic carbocycles. The molecule has 3 N–H and O–H groups in total. The SMILES string of the molecule is Nc1cc(S(=O)(=O)NC2CC2)ccn1. The third kappa shape index (κ3) is 2.02. The molecule has 1 saturated carbocycles. The highest BCUT2D eigenvalue weighted by atomic mass is 32.2. The summed E-state index contributed by atoms with van der Waals surface area (Å²) in [5, 5.41) is 0. The van der Waals surface area contributed by atoms with Crippen molar-refractivity contribution in [3.05, 3.63) is 18.3 Å². The molecule has 0 spiro atoms. The number of sulfonamides is 1. The van der Waals surface area contributed by atoms with Gasteiger partial charge in [0.15, 0.2) is 0 Å². The zero-order valence-electron chi connectivity index (χ0n) is 7.47. The third-order valence-electron chi connectivity index (χ3n) is 1.96. The van der Waals surface area contributed by atoms with Gasteiger partial charge >= 0.3 is 0 Å². The zero-order valence-corrected chi connectivity index (χ0v) is 8.29. The number of nitrogens with two attached hydrogens (primary N) is 1. The van der Waals surface area contributed by atoms with E-state index in [9.17, 15) is 8.42 Å². The molecule has 0 radical (unpaired) electrons. The van der Waals surface area contributed by atoms with Crippen molar-refractivity contribution in [2.24, 2.45) is 0 Å². The Morgan fingerprint density at radius 1 is 1.50 bits per heavy atom. The van der Waals surface area contributed by atoms with Crippen LogP contribution in [0.25, 0.3) is 0 Å². The van der Waals surface area contributed by atoms with Gasteiger partial charge in [0.25, 0.3) is 0 Å². The second-order valence-corrected chi connectivity index (χ2v) is 5.03. The van der Waals surface area contributed by atoms with Gasteiger partial charge < -0.3 is 5.73 Å². The first kappa shape index (κ1) is 9.42. The summed E-state index contributed by atoms with van der Waals surface area (Å²) in [6.45, 7) is 0. The molecule has 1 heterocycles. The first-order valence-electron chi connectivity index (χ1n) is 4.32. The minimum Gasteiger partial charge on any atom is -0.384 e. The molecule has 1 aromatic heterocycles. The Morgan fingerprint density at radius 3 is 2.79 bits per heavy atom. The molecule has 1 aliphatic rings. The minimum atomic E-state index is -3.39. The van der Waals surface area contributed by atoms with Gasteiger partial charge in [0.2, 0.25) is 10.0 Å². The molecule has 2 rings (SSSR count). The minimum absolute atomic E-state index is 0.106. The van der Waals surface area contributed by atoms with Crippen LogP contribution in [0.1, 0.15) is 12.8 Å². The summed E-state index contributed by atoms with van der Waals surface area (Å²) >= 11 is 0. The highest BCUT2D eigenvalue weighted by molar-refractivity contribution is 7.89. The molecule has 6 heteroatoms. The van der Waals surface area contributed by atoms with Crippen LogP contribution in [0.2, 0.25) is 0 Å². The average Bonchev–Trinajstić information content (AvgIpc) is 2.87. The van der Waals surface area contributed by atoms with Crippen molar-refractivity contribution >= 4 is 15.8 Å². The van der Waals surface area contributed by atoms with Crippen molar-refractivity contribution in [1.82, 2.24) is 9.71 Å². The molecule has 1 fully saturated rings. The zero-order chi connectivity index (χ0) is 10.2. The highest BCUT2D eigenvalue weighted by Gasteiger charge is 2.27. The second-order valence-electron chi connectivity index (χ2n) is 3.31. The summed E-state index contributed by atoms with van der Waals surface area (Å²) < 4.78 is 25.8. The third-order valence-corrected chi connectivity index (χ3v) is 3.48. The lowest BCUT2D eigenvalue weighted by atomic mass is 10.5. The molecule has 0 aliphatic heterocycles. The van der Waals surface area contributed by atoms with E-state index in [4.69, 9.17) is 5.73 Å². The number of pyridine rings is 1. The summed E-state index contributed by atoms with van der Waals surface area (Å²) in [6, 6.07) is 2.89. The number of nitrogens with one attached hydrogen (secondary N) is 1. The van der Waals surface area contributed by atoms with E-state index in [-0.39, 0.29) is 16.8 Å². The van der Waals surface area contributed by atoms with Gasteiger partial charge in [-0.05, 0) is 18.9 Å². The van der Waals surface area contributed by atoms with Gasteiger partial charge in [-0.15, -0.1) is 0 Å². The Kier molecular flexibility index (Phi) is 2.16. The molecule has 76 valence electrons. The molecule has 0 unspecified atom stereocenters. The number of rotatable bonds is 3. The topological polar surface area (TPSA) is 85.1 Å². The summed E-state index contributed by atoms with van der Waals surface area (Å²) in [7, 11) is -3.39. The van der Waals surface area contributed by atoms with Crippen molar-refractivity contribution in [2.75, 3.05) is 5.73 Å². The molecule has 14 heavy (non-hydrogen) atoms. The second kappa shape index (κ2) is 3.21. The first-order valence-corrected chi connectivity index (χ1v) is 5.80. The number of nitrogen functional groups attached to an aromatic ring is 1. The molecule has 5 nitrogen and oxygen atoms in total. The fraction of sp³-hybridized carbons (Fsp3) is 0.375. The Bertz CT molecular complexity index is 440. The first-order chi connectivity index (χ1) is 6.58. The average molecular weight is 213 g/mol. The normalized spacial score (nSPS) is 16.9. The van der Waals surface area contributed by atoms with Crippen LogP contribution in [0.15, 0.2) is 23.2 Å². The van der Waals surface area contributed by atoms with Crippen molar-refractivity contribution < 1.29 is 8.42 Å². The monoisotopic (exact) mass is 213 g/mol. The van der Waals surface area contributed by atoms with Gasteiger partial charge in [0.05, 0.1) is 4.90 Å². The molecule has 0 saturated heterocycles. The fourth-order valence-corrected chi connectivity index (χ4v) is 2.41. The summed E-state index contributed by atoms with van der Waals surface area (Å²) in [6.07, 6.45) is 3.22. The van der Waals surface area contributed by atoms with E-state index in [2.05, 4.69) is 9.71 Å². The van der Waals surface area contributed by atoms with Crippen molar-refractivity contribution in [3.8, 4) is 0 Å². The van der Waals surface area contributed by atoms with E-state index in [1.807, 2.05) is 0 Å². The molecule has 0 aromatic carbocycles. The molecular weight excluding hydrogens is 202 g/mol. The van der Waals surface area contributed by atoms with Gasteiger partial charge in [-0.1, -0.05) is 0 Å². The van der Waals surface area contributed by atoms with Crippen LogP contribution in [-0.2, 0) is 10.0 Å². The summed E-state index contributed by atoms with van der Waals surface area (Å²) in [5.41, 5.74) is 5.40. The van der Waals surface area contributed by atoms with E-state index in [1.165, 1.54) is 18.3 Å². The Balaban J connectivity index is 2.28. The van der Waals surface area contributed by atoms with Crippen LogP contribution in [0.4, 0.5) is 5.82 Å². The van der Waals surface area contributed by atoms with Crippen LogP contribution < -0.4 is 10.5 Å². The van der Waals surface area contributed by atoms with Crippen LogP contribution in [0.5, 0.6) is 0 Å². The van der Waals surface area contributed by atoms with Crippen molar-refractivity contribution in [1.29, 1.82) is 0 Å². The number of anilines is 1. The molecular formula is C8H11N3O2S. The maximum absolute atomic E-state index is 11.6. The molecule has 0 bridgehead atoms. The Labute approximate surface area is 82.4 Å². The van der Waals surface area contributed by atoms with E-state index in [1.54, 1.807) is 0 Å². The Hall–Kier alpha value is -1.14. The lowest BCUT2D eigenvalue weighted by Crippen LogP contribution is -2.25. The number of aromatic nitrogens is 1. The van der Waals surface area contributed by atoms with Gasteiger partial charge in [-0.25, -0.2) is 18.1 Å². The van der Waals surface area contributed by atoms with Gasteiger partial charge in [-0.3, -0.25) is 0 Å². The van der Waals surface area contributed by atoms with Gasteiger partial charge in [0, 0.05) is 18.3 Å². The van der Waals surface area contributed by atoms with E-state index < -0.39 is 10.0 Å². The number of nitrogens with zero attached hydrogens (tertiary/aromatic N) is 1. The van der Waals surface area contributed by atoms with E-state index in [0.717, 1.165) is 12.8 Å². The highest BCUT2D eigenvalue weighted by Crippen LogP contribution is 2.22. The van der Waals surface area contributed by atoms with Crippen LogP contribution in [-0.4, -0.2) is 19.4 Å². The van der Waals surface area contributed by atoms with Crippen LogP contribution >= 0.6 is 0 Å². The molecule has 0 atom stereocenters. The molecule has 1 aromatic rings.